The number of nitriles is 1. The number of benzene rings is 2. The van der Waals surface area contributed by atoms with Crippen molar-refractivity contribution in [3.63, 3.8) is 0 Å². The number of furan rings is 1. The molecule has 2 aromatic heterocycles. The molecule has 0 radical (unpaired) electrons. The first kappa shape index (κ1) is 21.6. The summed E-state index contributed by atoms with van der Waals surface area (Å²) in [4.78, 5) is 20.0. The first-order valence-electron chi connectivity index (χ1n) is 11.3. The molecule has 1 amide bonds. The maximum atomic E-state index is 11.9. The van der Waals surface area contributed by atoms with Crippen molar-refractivity contribution in [1.82, 2.24) is 9.88 Å². The van der Waals surface area contributed by atoms with Crippen LogP contribution >= 0.6 is 0 Å². The highest BCUT2D eigenvalue weighted by atomic mass is 16.5. The standard InChI is InChI=1S/C26H24N4O4/c1-2-24(31)29-11-13-30(14-12-29)26-22(16-27)28-25(34-26)23-10-9-21(33-23)17-32-20-8-7-18-5-3-4-6-19(18)15-20/h3-10,15H,2,11-14,17H2,1H3. The van der Waals surface area contributed by atoms with Crippen LogP contribution in [0.1, 0.15) is 24.8 Å². The Hall–Kier alpha value is -4.25. The van der Waals surface area contributed by atoms with Crippen molar-refractivity contribution >= 4 is 22.6 Å². The molecule has 0 unspecified atom stereocenters. The van der Waals surface area contributed by atoms with Gasteiger partial charge in [0.2, 0.25) is 17.5 Å². The Kier molecular flexibility index (Phi) is 5.91. The summed E-state index contributed by atoms with van der Waals surface area (Å²) < 4.78 is 17.7. The zero-order chi connectivity index (χ0) is 23.5. The lowest BCUT2D eigenvalue weighted by Gasteiger charge is -2.34. The van der Waals surface area contributed by atoms with E-state index in [1.165, 1.54) is 0 Å². The van der Waals surface area contributed by atoms with Gasteiger partial charge in [0.25, 0.3) is 5.89 Å². The second-order valence-electron chi connectivity index (χ2n) is 8.07. The molecule has 8 heteroatoms. The van der Waals surface area contributed by atoms with Gasteiger partial charge in [0.15, 0.2) is 5.76 Å². The fraction of sp³-hybridized carbons (Fsp3) is 0.269. The van der Waals surface area contributed by atoms with Crippen LogP contribution in [0.3, 0.4) is 0 Å². The Morgan fingerprint density at radius 1 is 1.06 bits per heavy atom. The first-order valence-corrected chi connectivity index (χ1v) is 11.3. The minimum atomic E-state index is 0.132. The number of hydrogen-bond acceptors (Lipinski definition) is 7. The topological polar surface area (TPSA) is 95.7 Å². The molecule has 0 saturated carbocycles. The molecule has 0 atom stereocenters. The van der Waals surface area contributed by atoms with Crippen molar-refractivity contribution in [2.75, 3.05) is 31.1 Å². The van der Waals surface area contributed by atoms with Gasteiger partial charge in [-0.25, -0.2) is 0 Å². The van der Waals surface area contributed by atoms with Crippen molar-refractivity contribution in [2.24, 2.45) is 0 Å². The summed E-state index contributed by atoms with van der Waals surface area (Å²) in [5.74, 6) is 2.59. The van der Waals surface area contributed by atoms with Crippen LogP contribution in [0.15, 0.2) is 63.4 Å². The molecule has 8 nitrogen and oxygen atoms in total. The van der Waals surface area contributed by atoms with Gasteiger partial charge in [-0.05, 0) is 35.0 Å². The minimum absolute atomic E-state index is 0.132. The van der Waals surface area contributed by atoms with Gasteiger partial charge in [0.1, 0.15) is 24.2 Å². The van der Waals surface area contributed by atoms with Crippen LogP contribution in [0.5, 0.6) is 5.75 Å². The molecular formula is C26H24N4O4. The van der Waals surface area contributed by atoms with Crippen molar-refractivity contribution in [3.05, 3.63) is 66.1 Å². The molecule has 3 heterocycles. The molecule has 0 spiro atoms. The van der Waals surface area contributed by atoms with E-state index in [4.69, 9.17) is 13.6 Å². The Morgan fingerprint density at radius 2 is 1.85 bits per heavy atom. The second-order valence-corrected chi connectivity index (χ2v) is 8.07. The highest BCUT2D eigenvalue weighted by Crippen LogP contribution is 2.30. The van der Waals surface area contributed by atoms with Crippen molar-refractivity contribution in [1.29, 1.82) is 5.26 Å². The molecule has 1 aliphatic heterocycles. The van der Waals surface area contributed by atoms with Crippen LogP contribution in [0.2, 0.25) is 0 Å². The number of carbonyl (C=O) groups excluding carboxylic acids is 1. The molecule has 1 fully saturated rings. The summed E-state index contributed by atoms with van der Waals surface area (Å²) in [5, 5.41) is 11.8. The number of hydrogen-bond donors (Lipinski definition) is 0. The van der Waals surface area contributed by atoms with E-state index in [2.05, 4.69) is 17.1 Å². The third-order valence-corrected chi connectivity index (χ3v) is 5.91. The smallest absolute Gasteiger partial charge is 0.266 e. The van der Waals surface area contributed by atoms with Gasteiger partial charge < -0.3 is 23.4 Å². The Morgan fingerprint density at radius 3 is 2.62 bits per heavy atom. The van der Waals surface area contributed by atoms with E-state index in [0.29, 0.717) is 50.0 Å². The van der Waals surface area contributed by atoms with Gasteiger partial charge in [0.05, 0.1) is 0 Å². The van der Waals surface area contributed by atoms with Gasteiger partial charge in [-0.15, -0.1) is 0 Å². The van der Waals surface area contributed by atoms with E-state index in [1.54, 1.807) is 12.1 Å². The Balaban J connectivity index is 1.27. The third kappa shape index (κ3) is 4.33. The Labute approximate surface area is 197 Å². The predicted molar refractivity (Wildman–Crippen MR) is 126 cm³/mol. The number of aromatic nitrogens is 1. The summed E-state index contributed by atoms with van der Waals surface area (Å²) >= 11 is 0. The predicted octanol–water partition coefficient (Wildman–Crippen LogP) is 4.60. The summed E-state index contributed by atoms with van der Waals surface area (Å²) in [6.07, 6.45) is 0.487. The molecule has 4 aromatic rings. The number of carbonyl (C=O) groups is 1. The third-order valence-electron chi connectivity index (χ3n) is 5.91. The summed E-state index contributed by atoms with van der Waals surface area (Å²) in [7, 11) is 0. The minimum Gasteiger partial charge on any atom is -0.486 e. The van der Waals surface area contributed by atoms with E-state index < -0.39 is 0 Å². The number of rotatable bonds is 6. The van der Waals surface area contributed by atoms with Gasteiger partial charge in [-0.1, -0.05) is 37.3 Å². The number of anilines is 1. The Bertz CT molecular complexity index is 1360. The van der Waals surface area contributed by atoms with Gasteiger partial charge in [0, 0.05) is 32.6 Å². The number of nitrogens with zero attached hydrogens (tertiary/aromatic N) is 4. The number of oxazole rings is 1. The number of piperazine rings is 1. The van der Waals surface area contributed by atoms with Gasteiger partial charge in [-0.3, -0.25) is 4.79 Å². The monoisotopic (exact) mass is 456 g/mol. The molecule has 172 valence electrons. The summed E-state index contributed by atoms with van der Waals surface area (Å²) in [6, 6.07) is 19.7. The fourth-order valence-corrected chi connectivity index (χ4v) is 4.07. The summed E-state index contributed by atoms with van der Waals surface area (Å²) in [5.41, 5.74) is 0.204. The van der Waals surface area contributed by atoms with Crippen LogP contribution in [0, 0.1) is 11.3 Å². The fourth-order valence-electron chi connectivity index (χ4n) is 4.07. The van der Waals surface area contributed by atoms with Crippen LogP contribution in [-0.4, -0.2) is 42.0 Å². The lowest BCUT2D eigenvalue weighted by molar-refractivity contribution is -0.131. The lowest BCUT2D eigenvalue weighted by atomic mass is 10.1. The normalized spacial score (nSPS) is 13.8. The molecule has 34 heavy (non-hydrogen) atoms. The molecule has 5 rings (SSSR count). The van der Waals surface area contributed by atoms with E-state index in [1.807, 2.05) is 53.1 Å². The molecule has 0 bridgehead atoms. The van der Waals surface area contributed by atoms with Crippen molar-refractivity contribution in [3.8, 4) is 23.5 Å². The number of amides is 1. The quantitative estimate of drug-likeness (QED) is 0.418. The van der Waals surface area contributed by atoms with E-state index in [-0.39, 0.29) is 24.1 Å². The van der Waals surface area contributed by atoms with Crippen molar-refractivity contribution in [2.45, 2.75) is 20.0 Å². The highest BCUT2D eigenvalue weighted by Gasteiger charge is 2.26. The van der Waals surface area contributed by atoms with Crippen LogP contribution in [-0.2, 0) is 11.4 Å². The van der Waals surface area contributed by atoms with Crippen molar-refractivity contribution < 1.29 is 18.4 Å². The van der Waals surface area contributed by atoms with E-state index in [0.717, 1.165) is 16.5 Å². The summed E-state index contributed by atoms with van der Waals surface area (Å²) in [6.45, 7) is 4.45. The van der Waals surface area contributed by atoms with Gasteiger partial charge >= 0.3 is 0 Å². The van der Waals surface area contributed by atoms with Crippen LogP contribution in [0.25, 0.3) is 22.4 Å². The SMILES string of the molecule is CCC(=O)N1CCN(c2oc(-c3ccc(COc4ccc5ccccc5c4)o3)nc2C#N)CC1. The highest BCUT2D eigenvalue weighted by molar-refractivity contribution is 5.83. The zero-order valence-corrected chi connectivity index (χ0v) is 18.9. The first-order chi connectivity index (χ1) is 16.6. The lowest BCUT2D eigenvalue weighted by Crippen LogP contribution is -2.48. The zero-order valence-electron chi connectivity index (χ0n) is 18.9. The van der Waals surface area contributed by atoms with E-state index in [9.17, 15) is 10.1 Å². The second kappa shape index (κ2) is 9.32. The molecule has 2 aromatic carbocycles. The average Bonchev–Trinajstić information content (AvgIpc) is 3.54. The van der Waals surface area contributed by atoms with Crippen LogP contribution < -0.4 is 9.64 Å². The molecule has 1 saturated heterocycles. The maximum Gasteiger partial charge on any atom is 0.266 e. The number of ether oxygens (including phenoxy) is 1. The number of fused-ring (bicyclic) bond motifs is 1. The van der Waals surface area contributed by atoms with Gasteiger partial charge in [-0.2, -0.15) is 10.2 Å². The molecular weight excluding hydrogens is 432 g/mol. The largest absolute Gasteiger partial charge is 0.486 e. The molecule has 0 aliphatic carbocycles. The maximum absolute atomic E-state index is 11.9. The molecule has 1 aliphatic rings. The molecule has 0 N–H and O–H groups in total. The van der Waals surface area contributed by atoms with E-state index >= 15 is 0 Å². The average molecular weight is 457 g/mol. The van der Waals surface area contributed by atoms with Crippen LogP contribution in [0.4, 0.5) is 5.88 Å².